The van der Waals surface area contributed by atoms with Crippen molar-refractivity contribution < 1.29 is 52.4 Å². The fraction of sp³-hybridized carbons (Fsp3) is 0.738. The van der Waals surface area contributed by atoms with Crippen LogP contribution in [0.25, 0.3) is 11.3 Å². The number of hydrogen-bond donors (Lipinski definition) is 2. The number of hydrogen-bond acceptors (Lipinski definition) is 13. The molecule has 0 aromatic carbocycles. The SMILES string of the molecule is CCN[C@H]1C[C@@H](C)O[C@@H](O[C@@H]2[C@@H](C)C(=O)[C@](C)(F)C(=O)O[C@H](CC)[C@@]3(C)OC(=O)N(CCCCn4cnc(-c5ccsc5)c4)C3[C@@H](C)C(=O)[C@H](C)C[C@@]2(C)OC)[C@H]1O. The van der Waals surface area contributed by atoms with E-state index in [9.17, 15) is 24.3 Å². The van der Waals surface area contributed by atoms with Gasteiger partial charge in [-0.2, -0.15) is 11.3 Å². The van der Waals surface area contributed by atoms with Gasteiger partial charge in [-0.25, -0.2) is 19.0 Å². The molecule has 14 nitrogen and oxygen atoms in total. The smallest absolute Gasteiger partial charge is 0.410 e. The molecule has 3 saturated heterocycles. The van der Waals surface area contributed by atoms with Gasteiger partial charge in [-0.1, -0.05) is 34.6 Å². The Morgan fingerprint density at radius 3 is 2.41 bits per heavy atom. The van der Waals surface area contributed by atoms with Gasteiger partial charge in [0.25, 0.3) is 5.67 Å². The fourth-order valence-electron chi connectivity index (χ4n) is 9.31. The lowest BCUT2D eigenvalue weighted by molar-refractivity contribution is -0.290. The number of ether oxygens (including phenoxy) is 5. The van der Waals surface area contributed by atoms with E-state index >= 15 is 4.39 Å². The number of fused-ring (bicyclic) bond motifs is 1. The highest BCUT2D eigenvalue weighted by molar-refractivity contribution is 7.08. The van der Waals surface area contributed by atoms with Crippen LogP contribution in [0.1, 0.15) is 94.4 Å². The van der Waals surface area contributed by atoms with Crippen LogP contribution >= 0.6 is 11.3 Å². The summed E-state index contributed by atoms with van der Waals surface area (Å²) >= 11 is 1.60. The topological polar surface area (TPSA) is 168 Å². The van der Waals surface area contributed by atoms with Crippen LogP contribution < -0.4 is 5.32 Å². The third-order valence-electron chi connectivity index (χ3n) is 12.5. The Morgan fingerprint density at radius 2 is 1.78 bits per heavy atom. The lowest BCUT2D eigenvalue weighted by atomic mass is 9.73. The number of Topliss-reactive ketones (excluding diaryl/α,β-unsaturated/α-hetero) is 2. The molecule has 3 fully saturated rings. The number of alkyl halides is 1. The molecule has 1 unspecified atom stereocenters. The van der Waals surface area contributed by atoms with Crippen LogP contribution in [0.2, 0.25) is 0 Å². The number of carbonyl (C=O) groups is 4. The number of aryl methyl sites for hydroxylation is 1. The van der Waals surface area contributed by atoms with E-state index < -0.39 is 89.2 Å². The average Bonchev–Trinajstić information content (AvgIpc) is 3.94. The highest BCUT2D eigenvalue weighted by Gasteiger charge is 2.61. The number of nitrogens with one attached hydrogen (secondary N) is 1. The molecule has 13 atom stereocenters. The highest BCUT2D eigenvalue weighted by Crippen LogP contribution is 2.43. The molecule has 3 aliphatic heterocycles. The largest absolute Gasteiger partial charge is 0.455 e. The number of aliphatic hydroxyl groups excluding tert-OH is 1. The second-order valence-electron chi connectivity index (χ2n) is 16.9. The van der Waals surface area contributed by atoms with Crippen LogP contribution in [0.3, 0.4) is 0 Å². The third kappa shape index (κ3) is 9.21. The number of esters is 1. The summed E-state index contributed by atoms with van der Waals surface area (Å²) in [4.78, 5) is 62.7. The van der Waals surface area contributed by atoms with Gasteiger partial charge in [0.2, 0.25) is 0 Å². The number of aromatic nitrogens is 2. The molecule has 0 aliphatic carbocycles. The Morgan fingerprint density at radius 1 is 1.07 bits per heavy atom. The van der Waals surface area contributed by atoms with Crippen LogP contribution in [-0.2, 0) is 44.6 Å². The number of likely N-dealkylation sites (N-methyl/N-ethyl adjacent to an activating group) is 1. The van der Waals surface area contributed by atoms with Crippen molar-refractivity contribution in [3.05, 3.63) is 29.4 Å². The molecule has 1 amide bonds. The van der Waals surface area contributed by atoms with Gasteiger partial charge in [-0.15, -0.1) is 0 Å². The molecule has 5 heterocycles. The maximum Gasteiger partial charge on any atom is 0.410 e. The molecule has 2 aromatic rings. The number of ketones is 2. The van der Waals surface area contributed by atoms with E-state index in [2.05, 4.69) is 10.3 Å². The Kier molecular flexibility index (Phi) is 14.6. The zero-order chi connectivity index (χ0) is 42.7. The number of halogens is 1. The number of rotatable bonds is 12. The van der Waals surface area contributed by atoms with Gasteiger partial charge in [0.15, 0.2) is 17.7 Å². The van der Waals surface area contributed by atoms with E-state index in [1.165, 1.54) is 18.9 Å². The number of cyclic esters (lactones) is 1. The van der Waals surface area contributed by atoms with E-state index in [4.69, 9.17) is 23.7 Å². The zero-order valence-electron chi connectivity index (χ0n) is 35.6. The predicted molar refractivity (Wildman–Crippen MR) is 215 cm³/mol. The van der Waals surface area contributed by atoms with Gasteiger partial charge in [0, 0.05) is 61.1 Å². The molecule has 0 spiro atoms. The van der Waals surface area contributed by atoms with Crippen LogP contribution in [0.5, 0.6) is 0 Å². The second-order valence-corrected chi connectivity index (χ2v) is 17.7. The molecular formula is C42H63FN4O10S. The van der Waals surface area contributed by atoms with Crippen molar-refractivity contribution in [2.45, 2.75) is 161 Å². The van der Waals surface area contributed by atoms with E-state index in [-0.39, 0.29) is 31.3 Å². The molecule has 16 heteroatoms. The first-order valence-corrected chi connectivity index (χ1v) is 21.6. The van der Waals surface area contributed by atoms with Crippen LogP contribution in [-0.4, -0.2) is 123 Å². The van der Waals surface area contributed by atoms with Crippen molar-refractivity contribution in [1.29, 1.82) is 0 Å². The molecule has 2 N–H and O–H groups in total. The summed E-state index contributed by atoms with van der Waals surface area (Å²) in [5.74, 6) is -5.74. The summed E-state index contributed by atoms with van der Waals surface area (Å²) < 4.78 is 49.4. The first kappa shape index (κ1) is 45.8. The number of methoxy groups -OCH3 is 1. The summed E-state index contributed by atoms with van der Waals surface area (Å²) in [5, 5.41) is 18.6. The van der Waals surface area contributed by atoms with Crippen LogP contribution in [0.4, 0.5) is 9.18 Å². The van der Waals surface area contributed by atoms with Gasteiger partial charge in [0.1, 0.15) is 18.0 Å². The minimum atomic E-state index is -3.17. The van der Waals surface area contributed by atoms with Crippen LogP contribution in [0.15, 0.2) is 29.4 Å². The van der Waals surface area contributed by atoms with Crippen molar-refractivity contribution in [3.8, 4) is 11.3 Å². The Balaban J connectivity index is 1.46. The van der Waals surface area contributed by atoms with E-state index in [0.29, 0.717) is 32.4 Å². The summed E-state index contributed by atoms with van der Waals surface area (Å²) in [5.41, 5.74) is -4.27. The van der Waals surface area contributed by atoms with Gasteiger partial charge in [0.05, 0.1) is 35.9 Å². The summed E-state index contributed by atoms with van der Waals surface area (Å²) in [7, 11) is 1.41. The summed E-state index contributed by atoms with van der Waals surface area (Å²) in [6.45, 7) is 15.9. The standard InChI is InChI=1S/C42H63FN4O10S/c1-11-31-42(9)34(47(39(52)57-42)17-14-13-16-46-21-30(45-23-46)28-15-18-58-22-28)26(5)32(48)24(3)20-40(7,53-10)36(27(6)35(50)41(8,43)38(51)55-31)56-37-33(49)29(44-12-2)19-25(4)54-37/h15,18,21-27,29,31,33-34,36-37,44,49H,11-14,16-17,19-20H2,1-10H3/t24-,25-,26+,27+,29+,31-,33+,34?,36-,37+,40-,41+,42-/m1/s1. The molecular weight excluding hydrogens is 772 g/mol. The van der Waals surface area contributed by atoms with E-state index in [1.807, 2.05) is 41.4 Å². The normalized spacial score (nSPS) is 38.0. The predicted octanol–water partition coefficient (Wildman–Crippen LogP) is 5.74. The van der Waals surface area contributed by atoms with E-state index in [0.717, 1.165) is 18.2 Å². The number of carbonyl (C=O) groups excluding carboxylic acids is 4. The highest BCUT2D eigenvalue weighted by atomic mass is 32.1. The van der Waals surface area contributed by atoms with E-state index in [1.54, 1.807) is 52.3 Å². The Hall–Kier alpha value is -3.28. The van der Waals surface area contributed by atoms with Gasteiger partial charge < -0.3 is 43.6 Å². The lowest BCUT2D eigenvalue weighted by Gasteiger charge is -2.46. The summed E-state index contributed by atoms with van der Waals surface area (Å²) in [6, 6.07) is 0.705. The van der Waals surface area contributed by atoms with Crippen molar-refractivity contribution in [2.24, 2.45) is 17.8 Å². The van der Waals surface area contributed by atoms with Gasteiger partial charge >= 0.3 is 12.1 Å². The quantitative estimate of drug-likeness (QED) is 0.152. The average molecular weight is 835 g/mol. The number of aliphatic hydroxyl groups is 1. The second kappa shape index (κ2) is 18.5. The number of thiophene rings is 1. The van der Waals surface area contributed by atoms with Crippen LogP contribution in [0, 0.1) is 17.8 Å². The Bertz CT molecular complexity index is 1740. The molecule has 3 aliphatic rings. The van der Waals surface area contributed by atoms with Crippen molar-refractivity contribution in [2.75, 3.05) is 20.2 Å². The molecule has 324 valence electrons. The first-order chi connectivity index (χ1) is 27.3. The fourth-order valence-corrected chi connectivity index (χ4v) is 9.96. The lowest BCUT2D eigenvalue weighted by Crippen LogP contribution is -2.62. The molecule has 0 saturated carbocycles. The minimum Gasteiger partial charge on any atom is -0.455 e. The van der Waals surface area contributed by atoms with Crippen molar-refractivity contribution in [3.63, 3.8) is 0 Å². The molecule has 0 bridgehead atoms. The van der Waals surface area contributed by atoms with Crippen molar-refractivity contribution >= 4 is 35.0 Å². The van der Waals surface area contributed by atoms with Gasteiger partial charge in [-0.3, -0.25) is 9.59 Å². The molecule has 58 heavy (non-hydrogen) atoms. The zero-order valence-corrected chi connectivity index (χ0v) is 36.4. The maximum atomic E-state index is 16.9. The number of nitrogens with zero attached hydrogens (tertiary/aromatic N) is 3. The first-order valence-electron chi connectivity index (χ1n) is 20.6. The van der Waals surface area contributed by atoms with Gasteiger partial charge in [-0.05, 0) is 77.8 Å². The number of unbranched alkanes of at least 4 members (excludes halogenated alkanes) is 1. The third-order valence-corrected chi connectivity index (χ3v) is 13.2. The minimum absolute atomic E-state index is 0.00509. The molecule has 5 rings (SSSR count). The monoisotopic (exact) mass is 834 g/mol. The molecule has 0 radical (unpaired) electrons. The Labute approximate surface area is 345 Å². The summed E-state index contributed by atoms with van der Waals surface area (Å²) in [6.07, 6.45) is -0.363. The molecule has 2 aromatic heterocycles. The number of amides is 1. The maximum absolute atomic E-state index is 16.9. The van der Waals surface area contributed by atoms with Crippen molar-refractivity contribution in [1.82, 2.24) is 19.8 Å². The number of imidazole rings is 1.